The van der Waals surface area contributed by atoms with Crippen LogP contribution in [0.15, 0.2) is 24.3 Å². The van der Waals surface area contributed by atoms with Crippen molar-refractivity contribution in [3.05, 3.63) is 24.3 Å². The SMILES string of the molecule is CC(=O)NCCCCCC(=O)OCC(=O)Nc1ccc(N2CCCC2)cc1. The molecule has 27 heavy (non-hydrogen) atoms. The number of anilines is 2. The van der Waals surface area contributed by atoms with Crippen LogP contribution in [0.1, 0.15) is 45.4 Å². The lowest BCUT2D eigenvalue weighted by Gasteiger charge is -2.17. The van der Waals surface area contributed by atoms with Gasteiger partial charge in [0.25, 0.3) is 5.91 Å². The van der Waals surface area contributed by atoms with Crippen LogP contribution < -0.4 is 15.5 Å². The monoisotopic (exact) mass is 375 g/mol. The van der Waals surface area contributed by atoms with Gasteiger partial charge in [-0.25, -0.2) is 0 Å². The average molecular weight is 375 g/mol. The summed E-state index contributed by atoms with van der Waals surface area (Å²) in [7, 11) is 0. The van der Waals surface area contributed by atoms with Gasteiger partial charge < -0.3 is 20.3 Å². The number of carbonyl (C=O) groups excluding carboxylic acids is 3. The molecule has 0 atom stereocenters. The zero-order valence-corrected chi connectivity index (χ0v) is 16.0. The highest BCUT2D eigenvalue weighted by Crippen LogP contribution is 2.21. The minimum absolute atomic E-state index is 0.0499. The first-order valence-corrected chi connectivity index (χ1v) is 9.59. The molecule has 1 aromatic rings. The van der Waals surface area contributed by atoms with Crippen molar-refractivity contribution in [2.75, 3.05) is 36.5 Å². The second-order valence-electron chi connectivity index (χ2n) is 6.74. The van der Waals surface area contributed by atoms with Gasteiger partial charge in [0, 0.05) is 44.4 Å². The van der Waals surface area contributed by atoms with Crippen molar-refractivity contribution in [3.63, 3.8) is 0 Å². The Labute approximate surface area is 160 Å². The van der Waals surface area contributed by atoms with E-state index in [1.165, 1.54) is 19.8 Å². The Balaban J connectivity index is 1.58. The highest BCUT2D eigenvalue weighted by Gasteiger charge is 2.12. The number of nitrogens with zero attached hydrogens (tertiary/aromatic N) is 1. The molecule has 1 aliphatic heterocycles. The van der Waals surface area contributed by atoms with E-state index >= 15 is 0 Å². The van der Waals surface area contributed by atoms with E-state index in [0.29, 0.717) is 18.7 Å². The molecule has 1 saturated heterocycles. The zero-order chi connectivity index (χ0) is 19.5. The number of unbranched alkanes of at least 4 members (excludes halogenated alkanes) is 2. The van der Waals surface area contributed by atoms with Gasteiger partial charge in [0.2, 0.25) is 5.91 Å². The molecule has 0 radical (unpaired) electrons. The second-order valence-corrected chi connectivity index (χ2v) is 6.74. The van der Waals surface area contributed by atoms with E-state index in [4.69, 9.17) is 4.74 Å². The number of rotatable bonds is 10. The van der Waals surface area contributed by atoms with Gasteiger partial charge in [-0.15, -0.1) is 0 Å². The lowest BCUT2D eigenvalue weighted by molar-refractivity contribution is -0.147. The minimum Gasteiger partial charge on any atom is -0.456 e. The van der Waals surface area contributed by atoms with E-state index in [-0.39, 0.29) is 30.8 Å². The van der Waals surface area contributed by atoms with Crippen LogP contribution in [0, 0.1) is 0 Å². The predicted molar refractivity (Wildman–Crippen MR) is 105 cm³/mol. The summed E-state index contributed by atoms with van der Waals surface area (Å²) in [5.74, 6) is -0.775. The number of esters is 1. The van der Waals surface area contributed by atoms with E-state index in [9.17, 15) is 14.4 Å². The van der Waals surface area contributed by atoms with Crippen molar-refractivity contribution < 1.29 is 19.1 Å². The van der Waals surface area contributed by atoms with Crippen LogP contribution >= 0.6 is 0 Å². The molecule has 7 nitrogen and oxygen atoms in total. The van der Waals surface area contributed by atoms with Crippen LogP contribution in [0.25, 0.3) is 0 Å². The smallest absolute Gasteiger partial charge is 0.306 e. The third-order valence-corrected chi connectivity index (χ3v) is 4.42. The molecule has 1 aromatic carbocycles. The summed E-state index contributed by atoms with van der Waals surface area (Å²) < 4.78 is 5.00. The molecule has 2 rings (SSSR count). The number of amides is 2. The van der Waals surface area contributed by atoms with Crippen LogP contribution in [-0.4, -0.2) is 44.0 Å². The van der Waals surface area contributed by atoms with Gasteiger partial charge >= 0.3 is 5.97 Å². The number of ether oxygens (including phenoxy) is 1. The van der Waals surface area contributed by atoms with Crippen LogP contribution in [-0.2, 0) is 19.1 Å². The standard InChI is InChI=1S/C20H29N3O4/c1-16(24)21-12-4-2-3-7-20(26)27-15-19(25)22-17-8-10-18(11-9-17)23-13-5-6-14-23/h8-11H,2-7,12-15H2,1H3,(H,21,24)(H,22,25). The molecule has 148 valence electrons. The Morgan fingerprint density at radius 1 is 1.04 bits per heavy atom. The molecular formula is C20H29N3O4. The molecule has 0 saturated carbocycles. The summed E-state index contributed by atoms with van der Waals surface area (Å²) in [5.41, 5.74) is 1.85. The Morgan fingerprint density at radius 2 is 1.74 bits per heavy atom. The van der Waals surface area contributed by atoms with Crippen molar-refractivity contribution >= 4 is 29.2 Å². The number of hydrogen-bond acceptors (Lipinski definition) is 5. The summed E-state index contributed by atoms with van der Waals surface area (Å²) in [5, 5.41) is 5.44. The number of hydrogen-bond donors (Lipinski definition) is 2. The third kappa shape index (κ3) is 8.11. The van der Waals surface area contributed by atoms with E-state index in [1.807, 2.05) is 24.3 Å². The molecule has 2 amide bonds. The largest absolute Gasteiger partial charge is 0.456 e. The van der Waals surface area contributed by atoms with Crippen molar-refractivity contribution in [2.24, 2.45) is 0 Å². The van der Waals surface area contributed by atoms with Crippen LogP contribution in [0.5, 0.6) is 0 Å². The zero-order valence-electron chi connectivity index (χ0n) is 16.0. The lowest BCUT2D eigenvalue weighted by Crippen LogP contribution is -2.21. The van der Waals surface area contributed by atoms with Gasteiger partial charge in [-0.1, -0.05) is 6.42 Å². The normalized spacial score (nSPS) is 13.3. The van der Waals surface area contributed by atoms with Gasteiger partial charge in [-0.3, -0.25) is 14.4 Å². The van der Waals surface area contributed by atoms with Crippen LogP contribution in [0.2, 0.25) is 0 Å². The molecular weight excluding hydrogens is 346 g/mol. The van der Waals surface area contributed by atoms with Crippen LogP contribution in [0.3, 0.4) is 0 Å². The molecule has 0 bridgehead atoms. The molecule has 0 spiro atoms. The van der Waals surface area contributed by atoms with Gasteiger partial charge in [-0.05, 0) is 49.9 Å². The molecule has 0 aliphatic carbocycles. The maximum Gasteiger partial charge on any atom is 0.306 e. The Morgan fingerprint density at radius 3 is 2.41 bits per heavy atom. The maximum absolute atomic E-state index is 11.9. The Hall–Kier alpha value is -2.57. The van der Waals surface area contributed by atoms with E-state index in [0.717, 1.165) is 31.6 Å². The topological polar surface area (TPSA) is 87.7 Å². The molecule has 1 fully saturated rings. The third-order valence-electron chi connectivity index (χ3n) is 4.42. The van der Waals surface area contributed by atoms with Crippen molar-refractivity contribution in [1.29, 1.82) is 0 Å². The summed E-state index contributed by atoms with van der Waals surface area (Å²) in [6, 6.07) is 7.72. The summed E-state index contributed by atoms with van der Waals surface area (Å²) in [6.07, 6.45) is 5.04. The molecule has 1 heterocycles. The van der Waals surface area contributed by atoms with Gasteiger partial charge in [0.15, 0.2) is 6.61 Å². The first-order chi connectivity index (χ1) is 13.0. The van der Waals surface area contributed by atoms with Gasteiger partial charge in [-0.2, -0.15) is 0 Å². The predicted octanol–water partition coefficient (Wildman–Crippen LogP) is 2.46. The number of benzene rings is 1. The van der Waals surface area contributed by atoms with Gasteiger partial charge in [0.1, 0.15) is 0 Å². The first kappa shape index (κ1) is 20.7. The number of nitrogens with one attached hydrogen (secondary N) is 2. The van der Waals surface area contributed by atoms with Crippen molar-refractivity contribution in [1.82, 2.24) is 5.32 Å². The number of carbonyl (C=O) groups is 3. The van der Waals surface area contributed by atoms with E-state index in [2.05, 4.69) is 15.5 Å². The fourth-order valence-corrected chi connectivity index (χ4v) is 2.98. The summed E-state index contributed by atoms with van der Waals surface area (Å²) in [4.78, 5) is 36.6. The van der Waals surface area contributed by atoms with Gasteiger partial charge in [0.05, 0.1) is 0 Å². The Kier molecular flexibility index (Phi) is 8.61. The lowest BCUT2D eigenvalue weighted by atomic mass is 10.2. The summed E-state index contributed by atoms with van der Waals surface area (Å²) >= 11 is 0. The highest BCUT2D eigenvalue weighted by atomic mass is 16.5. The van der Waals surface area contributed by atoms with Crippen LogP contribution in [0.4, 0.5) is 11.4 Å². The average Bonchev–Trinajstić information content (AvgIpc) is 3.18. The van der Waals surface area contributed by atoms with E-state index in [1.54, 1.807) is 0 Å². The maximum atomic E-state index is 11.9. The fourth-order valence-electron chi connectivity index (χ4n) is 2.98. The first-order valence-electron chi connectivity index (χ1n) is 9.59. The molecule has 1 aliphatic rings. The Bertz CT molecular complexity index is 625. The minimum atomic E-state index is -0.381. The van der Waals surface area contributed by atoms with Crippen molar-refractivity contribution in [2.45, 2.75) is 45.4 Å². The highest BCUT2D eigenvalue weighted by molar-refractivity contribution is 5.92. The molecule has 7 heteroatoms. The van der Waals surface area contributed by atoms with E-state index < -0.39 is 0 Å². The molecule has 0 unspecified atom stereocenters. The van der Waals surface area contributed by atoms with Crippen molar-refractivity contribution in [3.8, 4) is 0 Å². The molecule has 0 aromatic heterocycles. The molecule has 2 N–H and O–H groups in total. The quantitative estimate of drug-likeness (QED) is 0.484. The fraction of sp³-hybridized carbons (Fsp3) is 0.550. The summed E-state index contributed by atoms with van der Waals surface area (Å²) in [6.45, 7) is 3.97. The second kappa shape index (κ2) is 11.2.